The van der Waals surface area contributed by atoms with Crippen LogP contribution < -0.4 is 4.18 Å². The number of halogens is 3. The number of fused-ring (bicyclic) bond motifs is 1. The summed E-state index contributed by atoms with van der Waals surface area (Å²) in [7, 11) is -5.93. The van der Waals surface area contributed by atoms with E-state index in [0.717, 1.165) is 6.07 Å². The number of non-ortho nitro benzene ring substituents is 1. The average molecular weight is 353 g/mol. The molecule has 0 spiro atoms. The van der Waals surface area contributed by atoms with Crippen LogP contribution in [-0.4, -0.2) is 28.4 Å². The number of imidazole rings is 1. The second-order valence-electron chi connectivity index (χ2n) is 4.80. The maximum absolute atomic E-state index is 12.4. The van der Waals surface area contributed by atoms with Crippen LogP contribution in [0.3, 0.4) is 0 Å². The number of nitrogens with zero attached hydrogens (tertiary/aromatic N) is 3. The van der Waals surface area contributed by atoms with E-state index < -0.39 is 32.0 Å². The highest BCUT2D eigenvalue weighted by Gasteiger charge is 2.48. The fourth-order valence-electron chi connectivity index (χ4n) is 1.86. The van der Waals surface area contributed by atoms with E-state index in [2.05, 4.69) is 9.17 Å². The number of rotatable bonds is 4. The Labute approximate surface area is 127 Å². The van der Waals surface area contributed by atoms with Gasteiger partial charge in [-0.05, 0) is 13.8 Å². The van der Waals surface area contributed by atoms with E-state index in [9.17, 15) is 31.7 Å². The molecule has 126 valence electrons. The van der Waals surface area contributed by atoms with Crippen molar-refractivity contribution in [2.75, 3.05) is 0 Å². The van der Waals surface area contributed by atoms with E-state index >= 15 is 0 Å². The molecule has 0 bridgehead atoms. The van der Waals surface area contributed by atoms with Gasteiger partial charge >= 0.3 is 21.3 Å². The molecule has 1 aromatic heterocycles. The van der Waals surface area contributed by atoms with Gasteiger partial charge in [-0.25, -0.2) is 4.98 Å². The predicted molar refractivity (Wildman–Crippen MR) is 72.4 cm³/mol. The standard InChI is InChI=1S/C11H10F3N3O5S/c1-6(2)16-5-15-10-8(16)3-7(4-9(10)17(18)19)22-23(20,21)11(12,13)14/h3-6H,1-2H3. The summed E-state index contributed by atoms with van der Waals surface area (Å²) in [6, 6.07) is 1.33. The molecule has 8 nitrogen and oxygen atoms in total. The van der Waals surface area contributed by atoms with E-state index in [1.165, 1.54) is 10.9 Å². The van der Waals surface area contributed by atoms with Gasteiger partial charge in [0.05, 0.1) is 22.8 Å². The Balaban J connectivity index is 2.66. The maximum Gasteiger partial charge on any atom is 0.534 e. The zero-order valence-corrected chi connectivity index (χ0v) is 12.6. The van der Waals surface area contributed by atoms with Gasteiger partial charge in [0.15, 0.2) is 11.3 Å². The lowest BCUT2D eigenvalue weighted by Crippen LogP contribution is -2.28. The van der Waals surface area contributed by atoms with Crippen LogP contribution in [0, 0.1) is 10.1 Å². The Morgan fingerprint density at radius 2 is 1.96 bits per heavy atom. The molecule has 0 amide bonds. The number of aromatic nitrogens is 2. The molecule has 0 N–H and O–H groups in total. The van der Waals surface area contributed by atoms with Crippen molar-refractivity contribution in [3.63, 3.8) is 0 Å². The first kappa shape index (κ1) is 17.0. The van der Waals surface area contributed by atoms with Gasteiger partial charge in [-0.1, -0.05) is 0 Å². The summed E-state index contributed by atoms with van der Waals surface area (Å²) < 4.78 is 64.6. The Hall–Kier alpha value is -2.37. The van der Waals surface area contributed by atoms with Crippen LogP contribution >= 0.6 is 0 Å². The lowest BCUT2D eigenvalue weighted by Gasteiger charge is -2.11. The van der Waals surface area contributed by atoms with Crippen LogP contribution in [0.4, 0.5) is 18.9 Å². The zero-order valence-electron chi connectivity index (χ0n) is 11.7. The SMILES string of the molecule is CC(C)n1cnc2c([N+](=O)[O-])cc(OS(=O)(=O)C(F)(F)F)cc21. The van der Waals surface area contributed by atoms with Crippen LogP contribution in [0.15, 0.2) is 18.5 Å². The molecule has 2 aromatic rings. The van der Waals surface area contributed by atoms with Gasteiger partial charge in [0, 0.05) is 12.1 Å². The minimum Gasteiger partial charge on any atom is -0.376 e. The van der Waals surface area contributed by atoms with Gasteiger partial charge in [0.2, 0.25) is 0 Å². The normalized spacial score (nSPS) is 12.8. The first-order valence-electron chi connectivity index (χ1n) is 6.10. The second kappa shape index (κ2) is 5.37. The largest absolute Gasteiger partial charge is 0.534 e. The molecule has 0 saturated heterocycles. The van der Waals surface area contributed by atoms with E-state index in [4.69, 9.17) is 0 Å². The Morgan fingerprint density at radius 3 is 2.43 bits per heavy atom. The summed E-state index contributed by atoms with van der Waals surface area (Å²) in [5.41, 5.74) is -6.30. The quantitative estimate of drug-likeness (QED) is 0.362. The monoisotopic (exact) mass is 353 g/mol. The van der Waals surface area contributed by atoms with Crippen LogP contribution in [0.1, 0.15) is 19.9 Å². The molecule has 0 radical (unpaired) electrons. The molecule has 0 saturated carbocycles. The second-order valence-corrected chi connectivity index (χ2v) is 6.33. The molecular formula is C11H10F3N3O5S. The third-order valence-electron chi connectivity index (χ3n) is 2.88. The van der Waals surface area contributed by atoms with Gasteiger partial charge < -0.3 is 8.75 Å². The lowest BCUT2D eigenvalue weighted by atomic mass is 10.2. The highest BCUT2D eigenvalue weighted by atomic mass is 32.2. The minimum atomic E-state index is -5.93. The van der Waals surface area contributed by atoms with Gasteiger partial charge in [0.1, 0.15) is 0 Å². The summed E-state index contributed by atoms with van der Waals surface area (Å²) in [5.74, 6) is -0.816. The Kier molecular flexibility index (Phi) is 3.96. The van der Waals surface area contributed by atoms with E-state index in [0.29, 0.717) is 6.07 Å². The zero-order chi connectivity index (χ0) is 17.6. The molecule has 0 atom stereocenters. The number of hydrogen-bond donors (Lipinski definition) is 0. The molecule has 0 aliphatic heterocycles. The average Bonchev–Trinajstić information content (AvgIpc) is 2.79. The Morgan fingerprint density at radius 1 is 1.35 bits per heavy atom. The molecule has 1 heterocycles. The first-order chi connectivity index (χ1) is 10.4. The molecule has 12 heteroatoms. The fraction of sp³-hybridized carbons (Fsp3) is 0.364. The van der Waals surface area contributed by atoms with Crippen LogP contribution in [0.5, 0.6) is 5.75 Å². The van der Waals surface area contributed by atoms with Crippen molar-refractivity contribution in [1.82, 2.24) is 9.55 Å². The van der Waals surface area contributed by atoms with Crippen molar-refractivity contribution in [1.29, 1.82) is 0 Å². The molecule has 0 aliphatic rings. The van der Waals surface area contributed by atoms with Gasteiger partial charge in [-0.15, -0.1) is 0 Å². The smallest absolute Gasteiger partial charge is 0.376 e. The third-order valence-corrected chi connectivity index (χ3v) is 3.85. The molecule has 0 unspecified atom stereocenters. The topological polar surface area (TPSA) is 104 Å². The number of nitro benzene ring substituents is 1. The highest BCUT2D eigenvalue weighted by molar-refractivity contribution is 7.88. The van der Waals surface area contributed by atoms with Gasteiger partial charge in [-0.2, -0.15) is 21.6 Å². The highest BCUT2D eigenvalue weighted by Crippen LogP contribution is 2.34. The van der Waals surface area contributed by atoms with Crippen molar-refractivity contribution >= 4 is 26.8 Å². The number of alkyl halides is 3. The fourth-order valence-corrected chi connectivity index (χ4v) is 2.31. The maximum atomic E-state index is 12.4. The third kappa shape index (κ3) is 3.06. The molecule has 23 heavy (non-hydrogen) atoms. The summed E-state index contributed by atoms with van der Waals surface area (Å²) in [5, 5.41) is 11.0. The number of benzene rings is 1. The van der Waals surface area contributed by atoms with Crippen molar-refractivity contribution < 1.29 is 30.7 Å². The van der Waals surface area contributed by atoms with Gasteiger partial charge in [-0.3, -0.25) is 10.1 Å². The summed E-state index contributed by atoms with van der Waals surface area (Å²) in [4.78, 5) is 14.0. The van der Waals surface area contributed by atoms with Gasteiger partial charge in [0.25, 0.3) is 0 Å². The van der Waals surface area contributed by atoms with Crippen molar-refractivity contribution in [3.05, 3.63) is 28.6 Å². The lowest BCUT2D eigenvalue weighted by molar-refractivity contribution is -0.383. The first-order valence-corrected chi connectivity index (χ1v) is 7.50. The van der Waals surface area contributed by atoms with Crippen molar-refractivity contribution in [3.8, 4) is 5.75 Å². The molecule has 2 rings (SSSR count). The molecule has 0 fully saturated rings. The van der Waals surface area contributed by atoms with E-state index in [-0.39, 0.29) is 17.1 Å². The summed E-state index contributed by atoms with van der Waals surface area (Å²) >= 11 is 0. The number of nitro groups is 1. The van der Waals surface area contributed by atoms with Crippen molar-refractivity contribution in [2.24, 2.45) is 0 Å². The van der Waals surface area contributed by atoms with Crippen molar-refractivity contribution in [2.45, 2.75) is 25.4 Å². The van der Waals surface area contributed by atoms with Crippen LogP contribution in [0.25, 0.3) is 11.0 Å². The number of hydrogen-bond acceptors (Lipinski definition) is 6. The van der Waals surface area contributed by atoms with E-state index in [1.807, 2.05) is 0 Å². The Bertz CT molecular complexity index is 873. The molecule has 1 aromatic carbocycles. The van der Waals surface area contributed by atoms with Crippen LogP contribution in [0.2, 0.25) is 0 Å². The van der Waals surface area contributed by atoms with E-state index in [1.54, 1.807) is 13.8 Å². The molecule has 0 aliphatic carbocycles. The summed E-state index contributed by atoms with van der Waals surface area (Å²) in [6.07, 6.45) is 1.27. The summed E-state index contributed by atoms with van der Waals surface area (Å²) in [6.45, 7) is 3.43. The van der Waals surface area contributed by atoms with Crippen LogP contribution in [-0.2, 0) is 10.1 Å². The minimum absolute atomic E-state index is 0.0829. The predicted octanol–water partition coefficient (Wildman–Crippen LogP) is 2.75. The molecular weight excluding hydrogens is 343 g/mol.